The van der Waals surface area contributed by atoms with E-state index in [0.29, 0.717) is 53.7 Å². The SMILES string of the molecule is Cc1cc(-c2cnc3c(NCCC(F)(F)F)nc(C#CCN4CCS(O)(O)CC4)cn23)ccc1C(=O)NC1CC1. The topological polar surface area (TPSA) is 115 Å². The monoisotopic (exact) mass is 576 g/mol. The van der Waals surface area contributed by atoms with Gasteiger partial charge in [0.15, 0.2) is 11.5 Å². The number of nitrogens with one attached hydrogen (secondary N) is 2. The first-order chi connectivity index (χ1) is 19.0. The Morgan fingerprint density at radius 2 is 1.98 bits per heavy atom. The average molecular weight is 577 g/mol. The van der Waals surface area contributed by atoms with Crippen molar-refractivity contribution in [2.75, 3.05) is 43.0 Å². The van der Waals surface area contributed by atoms with Crippen molar-refractivity contribution >= 4 is 28.0 Å². The Morgan fingerprint density at radius 3 is 2.65 bits per heavy atom. The lowest BCUT2D eigenvalue weighted by Crippen LogP contribution is -2.38. The van der Waals surface area contributed by atoms with Crippen LogP contribution >= 0.6 is 10.6 Å². The van der Waals surface area contributed by atoms with Gasteiger partial charge in [-0.05, 0) is 43.4 Å². The smallest absolute Gasteiger partial charge is 0.367 e. The number of amides is 1. The number of aryl methyl sites for hydroxylation is 1. The molecule has 40 heavy (non-hydrogen) atoms. The number of hydrogen-bond acceptors (Lipinski definition) is 7. The second kappa shape index (κ2) is 11.3. The first-order valence-electron chi connectivity index (χ1n) is 13.0. The molecule has 0 spiro atoms. The highest BCUT2D eigenvalue weighted by atomic mass is 32.3. The maximum atomic E-state index is 12.8. The third-order valence-electron chi connectivity index (χ3n) is 6.86. The van der Waals surface area contributed by atoms with Gasteiger partial charge in [0.2, 0.25) is 0 Å². The lowest BCUT2D eigenvalue weighted by Gasteiger charge is -2.40. The molecule has 214 valence electrons. The Morgan fingerprint density at radius 1 is 1.23 bits per heavy atom. The number of rotatable bonds is 7. The average Bonchev–Trinajstić information content (AvgIpc) is 3.59. The molecule has 0 atom stereocenters. The van der Waals surface area contributed by atoms with Crippen LogP contribution in [-0.2, 0) is 0 Å². The van der Waals surface area contributed by atoms with Crippen LogP contribution in [0.4, 0.5) is 19.0 Å². The fourth-order valence-corrected chi connectivity index (χ4v) is 5.74. The molecule has 9 nitrogen and oxygen atoms in total. The number of benzene rings is 1. The van der Waals surface area contributed by atoms with Crippen LogP contribution < -0.4 is 10.6 Å². The van der Waals surface area contributed by atoms with E-state index in [9.17, 15) is 27.1 Å². The number of anilines is 1. The number of carbonyl (C=O) groups excluding carboxylic acids is 1. The van der Waals surface area contributed by atoms with Crippen molar-refractivity contribution in [3.8, 4) is 23.1 Å². The normalized spacial score (nSPS) is 18.1. The number of fused-ring (bicyclic) bond motifs is 1. The van der Waals surface area contributed by atoms with Crippen molar-refractivity contribution in [2.24, 2.45) is 0 Å². The van der Waals surface area contributed by atoms with E-state index in [0.717, 1.165) is 24.0 Å². The molecule has 1 aromatic carbocycles. The van der Waals surface area contributed by atoms with E-state index in [2.05, 4.69) is 32.4 Å². The van der Waals surface area contributed by atoms with Crippen LogP contribution in [0, 0.1) is 18.8 Å². The van der Waals surface area contributed by atoms with E-state index in [-0.39, 0.29) is 24.3 Å². The van der Waals surface area contributed by atoms with Crippen LogP contribution in [-0.4, -0.2) is 84.2 Å². The standard InChI is InChI=1S/C27H31F3N6O3S/c1-18-15-19(4-7-22(18)26(37)34-20-5-6-20)23-16-32-25-24(31-9-8-27(28,29)30)33-21(17-36(23)25)3-2-10-35-11-13-40(38,39)14-12-35/h4,7,15-17,20,38-39H,5-6,8-14H2,1H3,(H,31,33)(H,34,37). The number of halogens is 3. The van der Waals surface area contributed by atoms with Gasteiger partial charge in [-0.15, -0.1) is 0 Å². The molecule has 2 fully saturated rings. The second-order valence-corrected chi connectivity index (χ2v) is 12.6. The summed E-state index contributed by atoms with van der Waals surface area (Å²) in [5.74, 6) is 6.74. The summed E-state index contributed by atoms with van der Waals surface area (Å²) in [7, 11) is -2.50. The first-order valence-corrected chi connectivity index (χ1v) is 14.9. The summed E-state index contributed by atoms with van der Waals surface area (Å²) in [6.45, 7) is 2.93. The molecule has 0 unspecified atom stereocenters. The fourth-order valence-electron chi connectivity index (χ4n) is 4.44. The molecule has 2 aromatic heterocycles. The number of carbonyl (C=O) groups is 1. The van der Waals surface area contributed by atoms with E-state index in [1.54, 1.807) is 22.9 Å². The third-order valence-corrected chi connectivity index (χ3v) is 8.53. The van der Waals surface area contributed by atoms with E-state index < -0.39 is 23.2 Å². The molecule has 1 saturated heterocycles. The number of imidazole rings is 1. The summed E-state index contributed by atoms with van der Waals surface area (Å²) in [4.78, 5) is 23.4. The Hall–Kier alpha value is -3.31. The van der Waals surface area contributed by atoms with Crippen molar-refractivity contribution in [3.05, 3.63) is 47.4 Å². The van der Waals surface area contributed by atoms with Crippen LogP contribution in [0.1, 0.15) is 40.9 Å². The van der Waals surface area contributed by atoms with E-state index >= 15 is 0 Å². The van der Waals surface area contributed by atoms with Gasteiger partial charge in [0.1, 0.15) is 5.69 Å². The highest BCUT2D eigenvalue weighted by molar-refractivity contribution is 8.24. The van der Waals surface area contributed by atoms with Gasteiger partial charge in [0.05, 0.1) is 36.4 Å². The molecule has 0 radical (unpaired) electrons. The fraction of sp³-hybridized carbons (Fsp3) is 0.444. The summed E-state index contributed by atoms with van der Waals surface area (Å²) < 4.78 is 59.8. The van der Waals surface area contributed by atoms with Gasteiger partial charge in [0, 0.05) is 43.0 Å². The Labute approximate surface area is 231 Å². The van der Waals surface area contributed by atoms with Gasteiger partial charge in [-0.25, -0.2) is 9.97 Å². The molecule has 1 saturated carbocycles. The maximum absolute atomic E-state index is 12.8. The lowest BCUT2D eigenvalue weighted by atomic mass is 10.0. The number of nitrogens with zero attached hydrogens (tertiary/aromatic N) is 4. The van der Waals surface area contributed by atoms with Crippen molar-refractivity contribution in [1.82, 2.24) is 24.6 Å². The molecular formula is C27H31F3N6O3S. The molecule has 0 bridgehead atoms. The number of alkyl halides is 3. The molecule has 1 aliphatic carbocycles. The zero-order chi connectivity index (χ0) is 28.5. The van der Waals surface area contributed by atoms with Gasteiger partial charge in [-0.3, -0.25) is 23.2 Å². The summed E-state index contributed by atoms with van der Waals surface area (Å²) in [6, 6.07) is 5.71. The molecule has 13 heteroatoms. The van der Waals surface area contributed by atoms with Crippen molar-refractivity contribution in [3.63, 3.8) is 0 Å². The van der Waals surface area contributed by atoms with Gasteiger partial charge < -0.3 is 10.6 Å². The van der Waals surface area contributed by atoms with Crippen LogP contribution in [0.3, 0.4) is 0 Å². The highest BCUT2D eigenvalue weighted by Gasteiger charge is 2.27. The van der Waals surface area contributed by atoms with Gasteiger partial charge in [-0.2, -0.15) is 23.8 Å². The molecule has 5 rings (SSSR count). The minimum Gasteiger partial charge on any atom is -0.367 e. The van der Waals surface area contributed by atoms with Gasteiger partial charge in [-0.1, -0.05) is 12.0 Å². The van der Waals surface area contributed by atoms with Gasteiger partial charge >= 0.3 is 6.18 Å². The van der Waals surface area contributed by atoms with E-state index in [4.69, 9.17) is 0 Å². The first kappa shape index (κ1) is 28.2. The summed E-state index contributed by atoms with van der Waals surface area (Å²) in [5.41, 5.74) is 3.55. The summed E-state index contributed by atoms with van der Waals surface area (Å²) >= 11 is 0. The zero-order valence-corrected chi connectivity index (χ0v) is 22.8. The van der Waals surface area contributed by atoms with E-state index in [1.807, 2.05) is 24.0 Å². The van der Waals surface area contributed by atoms with Gasteiger partial charge in [0.25, 0.3) is 5.91 Å². The van der Waals surface area contributed by atoms with Crippen molar-refractivity contribution in [2.45, 2.75) is 38.4 Å². The molecule has 1 aliphatic heterocycles. The van der Waals surface area contributed by atoms with Crippen LogP contribution in [0.25, 0.3) is 16.9 Å². The Kier molecular flexibility index (Phi) is 7.96. The largest absolute Gasteiger partial charge is 0.390 e. The zero-order valence-electron chi connectivity index (χ0n) is 22.0. The predicted molar refractivity (Wildman–Crippen MR) is 149 cm³/mol. The number of aromatic nitrogens is 3. The molecule has 3 heterocycles. The predicted octanol–water partition coefficient (Wildman–Crippen LogP) is 4.38. The molecule has 3 aromatic rings. The van der Waals surface area contributed by atoms with Crippen molar-refractivity contribution < 1.29 is 27.1 Å². The molecular weight excluding hydrogens is 545 g/mol. The lowest BCUT2D eigenvalue weighted by molar-refractivity contribution is -0.131. The van der Waals surface area contributed by atoms with Crippen LogP contribution in [0.5, 0.6) is 0 Å². The minimum atomic E-state index is -4.32. The van der Waals surface area contributed by atoms with Crippen molar-refractivity contribution in [1.29, 1.82) is 0 Å². The quantitative estimate of drug-likeness (QED) is 0.309. The molecule has 1 amide bonds. The molecule has 2 aliphatic rings. The highest BCUT2D eigenvalue weighted by Crippen LogP contribution is 2.40. The Bertz CT molecular complexity index is 1470. The third kappa shape index (κ3) is 7.06. The molecule has 4 N–H and O–H groups in total. The summed E-state index contributed by atoms with van der Waals surface area (Å²) in [5, 5.41) is 5.75. The maximum Gasteiger partial charge on any atom is 0.390 e. The Balaban J connectivity index is 1.43. The van der Waals surface area contributed by atoms with E-state index in [1.165, 1.54) is 0 Å². The van der Waals surface area contributed by atoms with Crippen LogP contribution in [0.15, 0.2) is 30.6 Å². The van der Waals surface area contributed by atoms with Crippen LogP contribution in [0.2, 0.25) is 0 Å². The minimum absolute atomic E-state index is 0.110. The summed E-state index contributed by atoms with van der Waals surface area (Å²) in [6.07, 6.45) is -0.0444. The second-order valence-electron chi connectivity index (χ2n) is 10.2. The number of hydrogen-bond donors (Lipinski definition) is 4.